The van der Waals surface area contributed by atoms with Crippen LogP contribution in [-0.4, -0.2) is 40.5 Å². The van der Waals surface area contributed by atoms with Crippen LogP contribution in [0.4, 0.5) is 14.5 Å². The molecule has 0 saturated carbocycles. The number of halogens is 2. The first-order valence-electron chi connectivity index (χ1n) is 9.48. The molecule has 2 rings (SSSR count). The Bertz CT molecular complexity index is 1010. The second-order valence-electron chi connectivity index (χ2n) is 6.77. The van der Waals surface area contributed by atoms with E-state index in [-0.39, 0.29) is 23.4 Å². The first-order chi connectivity index (χ1) is 15.1. The number of nitrogens with zero attached hydrogens (tertiary/aromatic N) is 1. The minimum absolute atomic E-state index is 0.0477. The fraction of sp³-hybridized carbons (Fsp3) is 0.286. The molecule has 0 aliphatic rings. The molecule has 0 saturated heterocycles. The van der Waals surface area contributed by atoms with E-state index in [4.69, 9.17) is 4.74 Å². The summed E-state index contributed by atoms with van der Waals surface area (Å²) < 4.78 is 31.3. The lowest BCUT2D eigenvalue weighted by Crippen LogP contribution is -2.46. The van der Waals surface area contributed by atoms with Gasteiger partial charge in [-0.3, -0.25) is 19.7 Å². The summed E-state index contributed by atoms with van der Waals surface area (Å²) in [6, 6.07) is 6.12. The van der Waals surface area contributed by atoms with Crippen molar-refractivity contribution in [2.45, 2.75) is 31.7 Å². The Morgan fingerprint density at radius 2 is 1.78 bits per heavy atom. The molecule has 0 unspecified atom stereocenters. The molecule has 32 heavy (non-hydrogen) atoms. The number of nitro benzene ring substituents is 1. The quantitative estimate of drug-likeness (QED) is 0.323. The molecule has 170 valence electrons. The number of carboxylic acids is 1. The zero-order valence-electron chi connectivity index (χ0n) is 16.9. The molecule has 0 bridgehead atoms. The van der Waals surface area contributed by atoms with Crippen molar-refractivity contribution in [1.29, 1.82) is 0 Å². The molecule has 0 heterocycles. The van der Waals surface area contributed by atoms with Gasteiger partial charge in [-0.25, -0.2) is 13.6 Å². The fourth-order valence-electron chi connectivity index (χ4n) is 3.06. The van der Waals surface area contributed by atoms with Crippen LogP contribution in [0.2, 0.25) is 0 Å². The fourth-order valence-corrected chi connectivity index (χ4v) is 3.06. The van der Waals surface area contributed by atoms with Gasteiger partial charge in [0.1, 0.15) is 6.04 Å². The number of carbonyl (C=O) groups is 3. The van der Waals surface area contributed by atoms with Gasteiger partial charge in [0, 0.05) is 18.1 Å². The van der Waals surface area contributed by atoms with Gasteiger partial charge in [0.15, 0.2) is 11.6 Å². The normalized spacial score (nSPS) is 12.5. The van der Waals surface area contributed by atoms with E-state index in [2.05, 4.69) is 5.32 Å². The Balaban J connectivity index is 2.29. The number of non-ortho nitro benzene ring substituents is 1. The number of amides is 1. The van der Waals surface area contributed by atoms with E-state index in [0.717, 1.165) is 24.3 Å². The molecule has 9 nitrogen and oxygen atoms in total. The molecule has 11 heteroatoms. The molecular formula is C21H20F2N2O7. The van der Waals surface area contributed by atoms with Crippen LogP contribution < -0.4 is 5.32 Å². The molecule has 0 fully saturated rings. The molecule has 0 aliphatic heterocycles. The molecule has 2 aromatic carbocycles. The second-order valence-corrected chi connectivity index (χ2v) is 6.77. The minimum Gasteiger partial charge on any atom is -0.480 e. The van der Waals surface area contributed by atoms with Crippen LogP contribution in [0.3, 0.4) is 0 Å². The van der Waals surface area contributed by atoms with Crippen molar-refractivity contribution in [3.63, 3.8) is 0 Å². The van der Waals surface area contributed by atoms with Crippen molar-refractivity contribution in [1.82, 2.24) is 5.32 Å². The van der Waals surface area contributed by atoms with Gasteiger partial charge in [-0.1, -0.05) is 18.2 Å². The first kappa shape index (κ1) is 24.4. The maximum Gasteiger partial charge on any atom is 0.326 e. The van der Waals surface area contributed by atoms with E-state index < -0.39 is 59.2 Å². The van der Waals surface area contributed by atoms with Gasteiger partial charge >= 0.3 is 11.9 Å². The van der Waals surface area contributed by atoms with Gasteiger partial charge in [0.05, 0.1) is 24.4 Å². The van der Waals surface area contributed by atoms with Crippen LogP contribution in [0.25, 0.3) is 0 Å². The monoisotopic (exact) mass is 450 g/mol. The molecule has 2 aromatic rings. The van der Waals surface area contributed by atoms with Crippen LogP contribution in [0.5, 0.6) is 0 Å². The molecule has 0 aromatic heterocycles. The molecule has 0 radical (unpaired) electrons. The number of nitro groups is 1. The third-order valence-electron chi connectivity index (χ3n) is 4.56. The molecule has 1 amide bonds. The molecule has 0 spiro atoms. The minimum atomic E-state index is -1.60. The average molecular weight is 450 g/mol. The van der Waals surface area contributed by atoms with Gasteiger partial charge in [-0.05, 0) is 30.2 Å². The number of carbonyl (C=O) groups excluding carboxylic acids is 2. The lowest BCUT2D eigenvalue weighted by atomic mass is 9.88. The number of rotatable bonds is 10. The zero-order valence-corrected chi connectivity index (χ0v) is 16.9. The smallest absolute Gasteiger partial charge is 0.326 e. The Kier molecular flexibility index (Phi) is 8.33. The van der Waals surface area contributed by atoms with Gasteiger partial charge in [0.25, 0.3) is 5.69 Å². The lowest BCUT2D eigenvalue weighted by molar-refractivity contribution is -0.384. The van der Waals surface area contributed by atoms with Gasteiger partial charge in [-0.15, -0.1) is 0 Å². The summed E-state index contributed by atoms with van der Waals surface area (Å²) >= 11 is 0. The van der Waals surface area contributed by atoms with Crippen LogP contribution in [0, 0.1) is 21.7 Å². The predicted octanol–water partition coefficient (Wildman–Crippen LogP) is 2.72. The summed E-state index contributed by atoms with van der Waals surface area (Å²) in [5.74, 6) is -6.35. The van der Waals surface area contributed by atoms with Crippen molar-refractivity contribution in [2.24, 2.45) is 0 Å². The second kappa shape index (κ2) is 10.9. The van der Waals surface area contributed by atoms with Crippen LogP contribution in [0.1, 0.15) is 30.4 Å². The maximum absolute atomic E-state index is 13.4. The number of hydrogen-bond donors (Lipinski definition) is 2. The highest BCUT2D eigenvalue weighted by Crippen LogP contribution is 2.27. The summed E-state index contributed by atoms with van der Waals surface area (Å²) in [6.45, 7) is 1.61. The van der Waals surface area contributed by atoms with Crippen molar-refractivity contribution in [2.75, 3.05) is 6.61 Å². The Morgan fingerprint density at radius 3 is 2.31 bits per heavy atom. The molecule has 0 aliphatic carbocycles. The largest absolute Gasteiger partial charge is 0.480 e. The summed E-state index contributed by atoms with van der Waals surface area (Å²) in [5.41, 5.74) is 0.130. The highest BCUT2D eigenvalue weighted by Gasteiger charge is 2.33. The third kappa shape index (κ3) is 6.56. The predicted molar refractivity (Wildman–Crippen MR) is 107 cm³/mol. The van der Waals surface area contributed by atoms with E-state index in [1.165, 1.54) is 18.2 Å². The zero-order chi connectivity index (χ0) is 23.8. The van der Waals surface area contributed by atoms with E-state index in [0.29, 0.717) is 0 Å². The maximum atomic E-state index is 13.4. The van der Waals surface area contributed by atoms with Crippen molar-refractivity contribution < 1.29 is 37.9 Å². The Morgan fingerprint density at radius 1 is 1.12 bits per heavy atom. The van der Waals surface area contributed by atoms with Crippen LogP contribution in [0.15, 0.2) is 42.5 Å². The number of benzene rings is 2. The molecule has 2 atom stereocenters. The topological polar surface area (TPSA) is 136 Å². The van der Waals surface area contributed by atoms with Crippen molar-refractivity contribution in [3.05, 3.63) is 75.3 Å². The van der Waals surface area contributed by atoms with Crippen molar-refractivity contribution in [3.8, 4) is 0 Å². The number of hydrogen-bond acceptors (Lipinski definition) is 6. The summed E-state index contributed by atoms with van der Waals surface area (Å²) in [7, 11) is 0. The highest BCUT2D eigenvalue weighted by atomic mass is 19.2. The summed E-state index contributed by atoms with van der Waals surface area (Å²) in [6.07, 6.45) is -0.860. The SMILES string of the molecule is CCOC(=O)C[C@H](c1ccc([N+](=O)[O-])cc1)[C@H](NC(=O)Cc1ccc(F)c(F)c1)C(=O)O. The molecular weight excluding hydrogens is 430 g/mol. The Labute approximate surface area is 181 Å². The van der Waals surface area contributed by atoms with E-state index in [9.17, 15) is 38.4 Å². The van der Waals surface area contributed by atoms with E-state index in [1.54, 1.807) is 6.92 Å². The van der Waals surface area contributed by atoms with E-state index >= 15 is 0 Å². The number of carboxylic acid groups (broad SMARTS) is 1. The standard InChI is InChI=1S/C21H20F2N2O7/c1-2-32-19(27)11-15(13-4-6-14(7-5-13)25(30)31)20(21(28)29)24-18(26)10-12-3-8-16(22)17(23)9-12/h3-9,15,20H,2,10-11H2,1H3,(H,24,26)(H,28,29)/t15-,20+/m1/s1. The molecule has 2 N–H and O–H groups in total. The summed E-state index contributed by atoms with van der Waals surface area (Å²) in [4.78, 5) is 46.7. The third-order valence-corrected chi connectivity index (χ3v) is 4.56. The average Bonchev–Trinajstić information content (AvgIpc) is 2.73. The van der Waals surface area contributed by atoms with Gasteiger partial charge in [0.2, 0.25) is 5.91 Å². The first-order valence-corrected chi connectivity index (χ1v) is 9.48. The number of nitrogens with one attached hydrogen (secondary N) is 1. The van der Waals surface area contributed by atoms with Gasteiger partial charge in [-0.2, -0.15) is 0 Å². The van der Waals surface area contributed by atoms with Crippen LogP contribution >= 0.6 is 0 Å². The number of ether oxygens (including phenoxy) is 1. The van der Waals surface area contributed by atoms with Crippen LogP contribution in [-0.2, 0) is 25.5 Å². The summed E-state index contributed by atoms with van der Waals surface area (Å²) in [5, 5.41) is 22.9. The highest BCUT2D eigenvalue weighted by molar-refractivity contribution is 5.86. The lowest BCUT2D eigenvalue weighted by Gasteiger charge is -2.25. The van der Waals surface area contributed by atoms with Crippen molar-refractivity contribution >= 4 is 23.5 Å². The number of aliphatic carboxylic acids is 1. The Hall–Kier alpha value is -3.89. The number of esters is 1. The van der Waals surface area contributed by atoms with E-state index in [1.807, 2.05) is 0 Å². The van der Waals surface area contributed by atoms with Gasteiger partial charge < -0.3 is 15.2 Å².